The lowest BCUT2D eigenvalue weighted by atomic mass is 9.98. The van der Waals surface area contributed by atoms with Crippen LogP contribution in [0.1, 0.15) is 46.1 Å². The van der Waals surface area contributed by atoms with Crippen molar-refractivity contribution in [3.63, 3.8) is 0 Å². The molecule has 0 heterocycles. The van der Waals surface area contributed by atoms with Crippen LogP contribution < -0.4 is 10.6 Å². The van der Waals surface area contributed by atoms with E-state index in [-0.39, 0.29) is 35.7 Å². The number of phenolic OH excluding ortho intramolecular Hbond substituents is 1. The molecular weight excluding hydrogens is 332 g/mol. The molecule has 144 valence electrons. The van der Waals surface area contributed by atoms with Crippen molar-refractivity contribution in [3.05, 3.63) is 29.8 Å². The second-order valence-electron chi connectivity index (χ2n) is 7.02. The molecule has 0 bridgehead atoms. The van der Waals surface area contributed by atoms with E-state index in [0.717, 1.165) is 5.56 Å². The van der Waals surface area contributed by atoms with Crippen molar-refractivity contribution < 1.29 is 19.5 Å². The van der Waals surface area contributed by atoms with Gasteiger partial charge in [-0.2, -0.15) is 0 Å². The molecule has 2 atom stereocenters. The van der Waals surface area contributed by atoms with Crippen molar-refractivity contribution in [2.75, 3.05) is 6.54 Å². The first-order valence-electron chi connectivity index (χ1n) is 9.06. The minimum absolute atomic E-state index is 0.00185. The number of phenols is 1. The van der Waals surface area contributed by atoms with E-state index in [9.17, 15) is 19.5 Å². The number of nitrogens with one attached hydrogen (secondary N) is 2. The van der Waals surface area contributed by atoms with E-state index in [4.69, 9.17) is 0 Å². The van der Waals surface area contributed by atoms with Gasteiger partial charge in [0, 0.05) is 6.42 Å². The molecule has 0 radical (unpaired) electrons. The first-order valence-corrected chi connectivity index (χ1v) is 9.06. The van der Waals surface area contributed by atoms with Crippen LogP contribution >= 0.6 is 0 Å². The highest BCUT2D eigenvalue weighted by atomic mass is 16.3. The van der Waals surface area contributed by atoms with Gasteiger partial charge in [-0.15, -0.1) is 0 Å². The average molecular weight is 362 g/mol. The van der Waals surface area contributed by atoms with Crippen molar-refractivity contribution >= 4 is 17.5 Å². The van der Waals surface area contributed by atoms with Gasteiger partial charge in [-0.3, -0.25) is 19.7 Å². The summed E-state index contributed by atoms with van der Waals surface area (Å²) in [6.45, 7) is 7.31. The number of amides is 1. The van der Waals surface area contributed by atoms with Gasteiger partial charge in [0.1, 0.15) is 11.5 Å². The number of hydrogen-bond donors (Lipinski definition) is 3. The zero-order valence-electron chi connectivity index (χ0n) is 16.0. The van der Waals surface area contributed by atoms with Gasteiger partial charge in [0.15, 0.2) is 5.78 Å². The molecule has 0 saturated heterocycles. The monoisotopic (exact) mass is 362 g/mol. The fourth-order valence-corrected chi connectivity index (χ4v) is 2.65. The van der Waals surface area contributed by atoms with E-state index in [1.807, 2.05) is 13.8 Å². The Hall–Kier alpha value is -2.21. The molecule has 0 fully saturated rings. The first-order chi connectivity index (χ1) is 12.2. The van der Waals surface area contributed by atoms with E-state index in [1.54, 1.807) is 31.2 Å². The molecule has 1 amide bonds. The van der Waals surface area contributed by atoms with Gasteiger partial charge in [0.25, 0.3) is 0 Å². The Balaban J connectivity index is 2.88. The summed E-state index contributed by atoms with van der Waals surface area (Å²) in [6, 6.07) is 5.41. The molecule has 6 nitrogen and oxygen atoms in total. The number of ketones is 2. The van der Waals surface area contributed by atoms with E-state index in [0.29, 0.717) is 19.3 Å². The number of benzene rings is 1. The molecular formula is C20H30N2O4. The predicted molar refractivity (Wildman–Crippen MR) is 101 cm³/mol. The topological polar surface area (TPSA) is 95.5 Å². The van der Waals surface area contributed by atoms with Crippen LogP contribution in [0.5, 0.6) is 5.75 Å². The summed E-state index contributed by atoms with van der Waals surface area (Å²) < 4.78 is 0. The molecule has 1 aromatic carbocycles. The predicted octanol–water partition coefficient (Wildman–Crippen LogP) is 1.99. The van der Waals surface area contributed by atoms with Crippen molar-refractivity contribution in [3.8, 4) is 5.75 Å². The van der Waals surface area contributed by atoms with Crippen molar-refractivity contribution in [2.24, 2.45) is 5.92 Å². The normalized spacial score (nSPS) is 13.3. The smallest absolute Gasteiger partial charge is 0.238 e. The largest absolute Gasteiger partial charge is 0.508 e. The summed E-state index contributed by atoms with van der Waals surface area (Å²) in [5.41, 5.74) is 0.848. The third-order valence-corrected chi connectivity index (χ3v) is 4.05. The SMILES string of the molecule is CCC(=O)[C@@H](CC(C)C)NC(=O)[C@H](Cc1ccc(O)cc1)NCC(C)=O. The van der Waals surface area contributed by atoms with Crippen LogP contribution in [0.15, 0.2) is 24.3 Å². The van der Waals surface area contributed by atoms with Gasteiger partial charge in [-0.1, -0.05) is 32.9 Å². The average Bonchev–Trinajstić information content (AvgIpc) is 2.58. The number of aromatic hydroxyl groups is 1. The fourth-order valence-electron chi connectivity index (χ4n) is 2.65. The Kier molecular flexibility index (Phi) is 8.99. The quantitative estimate of drug-likeness (QED) is 0.559. The number of rotatable bonds is 11. The summed E-state index contributed by atoms with van der Waals surface area (Å²) >= 11 is 0. The fraction of sp³-hybridized carbons (Fsp3) is 0.550. The van der Waals surface area contributed by atoms with Gasteiger partial charge in [-0.25, -0.2) is 0 Å². The molecule has 26 heavy (non-hydrogen) atoms. The van der Waals surface area contributed by atoms with E-state index < -0.39 is 12.1 Å². The Bertz CT molecular complexity index is 611. The van der Waals surface area contributed by atoms with Crippen molar-refractivity contribution in [1.29, 1.82) is 0 Å². The van der Waals surface area contributed by atoms with Crippen LogP contribution in [-0.2, 0) is 20.8 Å². The second-order valence-corrected chi connectivity index (χ2v) is 7.02. The lowest BCUT2D eigenvalue weighted by molar-refractivity contribution is -0.129. The highest BCUT2D eigenvalue weighted by Crippen LogP contribution is 2.12. The molecule has 6 heteroatoms. The summed E-state index contributed by atoms with van der Waals surface area (Å²) in [4.78, 5) is 36.2. The summed E-state index contributed by atoms with van der Waals surface area (Å²) in [5, 5.41) is 15.2. The molecule has 0 aliphatic carbocycles. The lowest BCUT2D eigenvalue weighted by Crippen LogP contribution is -2.52. The summed E-state index contributed by atoms with van der Waals surface area (Å²) in [6.07, 6.45) is 1.30. The zero-order valence-corrected chi connectivity index (χ0v) is 16.0. The molecule has 0 saturated carbocycles. The number of hydrogen-bond acceptors (Lipinski definition) is 5. The Morgan fingerprint density at radius 3 is 2.19 bits per heavy atom. The van der Waals surface area contributed by atoms with Crippen LogP contribution in [0.25, 0.3) is 0 Å². The maximum Gasteiger partial charge on any atom is 0.238 e. The Morgan fingerprint density at radius 2 is 1.69 bits per heavy atom. The maximum atomic E-state index is 12.8. The first kappa shape index (κ1) is 21.8. The minimum atomic E-state index is -0.636. The van der Waals surface area contributed by atoms with Crippen molar-refractivity contribution in [2.45, 2.75) is 59.0 Å². The van der Waals surface area contributed by atoms with E-state index in [2.05, 4.69) is 10.6 Å². The summed E-state index contributed by atoms with van der Waals surface area (Å²) in [5.74, 6) is 0.0548. The van der Waals surface area contributed by atoms with E-state index >= 15 is 0 Å². The van der Waals surface area contributed by atoms with E-state index in [1.165, 1.54) is 6.92 Å². The summed E-state index contributed by atoms with van der Waals surface area (Å²) in [7, 11) is 0. The van der Waals surface area contributed by atoms with Gasteiger partial charge < -0.3 is 10.4 Å². The maximum absolute atomic E-state index is 12.8. The molecule has 1 aromatic rings. The lowest BCUT2D eigenvalue weighted by Gasteiger charge is -2.23. The standard InChI is InChI=1S/C20H30N2O4/c1-5-19(25)17(10-13(2)3)22-20(26)18(21-12-14(4)23)11-15-6-8-16(24)9-7-15/h6-9,13,17-18,21,24H,5,10-12H2,1-4H3,(H,22,26)/t17-,18+/m1/s1. The molecule has 0 aliphatic rings. The molecule has 0 aliphatic heterocycles. The van der Waals surface area contributed by atoms with Gasteiger partial charge in [0.05, 0.1) is 18.6 Å². The number of Topliss-reactive ketones (excluding diaryl/α,β-unsaturated/α-hetero) is 2. The minimum Gasteiger partial charge on any atom is -0.508 e. The highest BCUT2D eigenvalue weighted by Gasteiger charge is 2.25. The third-order valence-electron chi connectivity index (χ3n) is 4.05. The molecule has 0 unspecified atom stereocenters. The van der Waals surface area contributed by atoms with Gasteiger partial charge >= 0.3 is 0 Å². The van der Waals surface area contributed by atoms with Gasteiger partial charge in [0.2, 0.25) is 5.91 Å². The Morgan fingerprint density at radius 1 is 1.08 bits per heavy atom. The van der Waals surface area contributed by atoms with Gasteiger partial charge in [-0.05, 0) is 43.4 Å². The second kappa shape index (κ2) is 10.7. The Labute approximate surface area is 155 Å². The van der Waals surface area contributed by atoms with Crippen LogP contribution in [0.2, 0.25) is 0 Å². The van der Waals surface area contributed by atoms with Crippen molar-refractivity contribution in [1.82, 2.24) is 10.6 Å². The molecule has 3 N–H and O–H groups in total. The van der Waals surface area contributed by atoms with Crippen LogP contribution in [0, 0.1) is 5.92 Å². The molecule has 1 rings (SSSR count). The molecule has 0 spiro atoms. The zero-order chi connectivity index (χ0) is 19.7. The van der Waals surface area contributed by atoms with Crippen LogP contribution in [0.4, 0.5) is 0 Å². The highest BCUT2D eigenvalue weighted by molar-refractivity contribution is 5.91. The van der Waals surface area contributed by atoms with Crippen LogP contribution in [-0.4, -0.2) is 41.2 Å². The van der Waals surface area contributed by atoms with Crippen LogP contribution in [0.3, 0.4) is 0 Å². The molecule has 0 aromatic heterocycles. The third kappa shape index (κ3) is 7.78. The number of carbonyl (C=O) groups excluding carboxylic acids is 3. The number of carbonyl (C=O) groups is 3.